The van der Waals surface area contributed by atoms with Gasteiger partial charge in [0.05, 0.1) is 17.7 Å². The summed E-state index contributed by atoms with van der Waals surface area (Å²) >= 11 is 0. The lowest BCUT2D eigenvalue weighted by atomic mass is 10.2. The van der Waals surface area contributed by atoms with Gasteiger partial charge in [-0.25, -0.2) is 9.69 Å². The number of hydrogen-bond donors (Lipinski definition) is 3. The molecule has 8 heteroatoms. The van der Waals surface area contributed by atoms with Crippen LogP contribution >= 0.6 is 0 Å². The molecule has 3 amide bonds. The number of imide groups is 1. The lowest BCUT2D eigenvalue weighted by molar-refractivity contribution is -0.121. The van der Waals surface area contributed by atoms with Crippen LogP contribution in [0, 0.1) is 0 Å². The van der Waals surface area contributed by atoms with Gasteiger partial charge >= 0.3 is 5.97 Å². The van der Waals surface area contributed by atoms with Crippen LogP contribution < -0.4 is 15.5 Å². The molecule has 1 aliphatic rings. The normalized spacial score (nSPS) is 16.3. The summed E-state index contributed by atoms with van der Waals surface area (Å²) in [5, 5.41) is 14.6. The molecule has 0 aliphatic carbocycles. The van der Waals surface area contributed by atoms with E-state index in [1.165, 1.54) is 31.2 Å². The Hall–Kier alpha value is -3.68. The summed E-state index contributed by atoms with van der Waals surface area (Å²) in [4.78, 5) is 47.9. The number of anilines is 3. The molecular weight excluding hydrogens is 350 g/mol. The molecule has 1 aliphatic heterocycles. The zero-order chi connectivity index (χ0) is 19.6. The van der Waals surface area contributed by atoms with Gasteiger partial charge in [-0.2, -0.15) is 0 Å². The highest BCUT2D eigenvalue weighted by molar-refractivity contribution is 6.23. The molecule has 0 bridgehead atoms. The van der Waals surface area contributed by atoms with Crippen LogP contribution in [-0.2, 0) is 14.4 Å². The molecule has 1 heterocycles. The van der Waals surface area contributed by atoms with Crippen molar-refractivity contribution in [1.29, 1.82) is 0 Å². The molecule has 2 aromatic rings. The Balaban J connectivity index is 1.72. The van der Waals surface area contributed by atoms with Crippen LogP contribution in [0.5, 0.6) is 0 Å². The molecule has 1 fully saturated rings. The third-order valence-electron chi connectivity index (χ3n) is 4.07. The van der Waals surface area contributed by atoms with Crippen molar-refractivity contribution in [3.05, 3.63) is 54.1 Å². The van der Waals surface area contributed by atoms with Gasteiger partial charge in [0.25, 0.3) is 5.91 Å². The number of carboxylic acids is 1. The van der Waals surface area contributed by atoms with Crippen molar-refractivity contribution < 1.29 is 24.3 Å². The van der Waals surface area contributed by atoms with Gasteiger partial charge in [0, 0.05) is 18.3 Å². The van der Waals surface area contributed by atoms with Crippen LogP contribution in [0.3, 0.4) is 0 Å². The fraction of sp³-hybridized carbons (Fsp3) is 0.158. The van der Waals surface area contributed by atoms with Gasteiger partial charge < -0.3 is 15.7 Å². The summed E-state index contributed by atoms with van der Waals surface area (Å²) in [6, 6.07) is 11.6. The van der Waals surface area contributed by atoms with Crippen molar-refractivity contribution in [2.75, 3.05) is 15.5 Å². The average molecular weight is 367 g/mol. The van der Waals surface area contributed by atoms with Crippen molar-refractivity contribution in [2.24, 2.45) is 0 Å². The van der Waals surface area contributed by atoms with E-state index in [1.54, 1.807) is 24.3 Å². The molecule has 27 heavy (non-hydrogen) atoms. The average Bonchev–Trinajstić information content (AvgIpc) is 2.90. The Morgan fingerprint density at radius 2 is 1.59 bits per heavy atom. The van der Waals surface area contributed by atoms with Crippen LogP contribution in [0.4, 0.5) is 17.1 Å². The summed E-state index contributed by atoms with van der Waals surface area (Å²) in [6.45, 7) is 1.41. The summed E-state index contributed by atoms with van der Waals surface area (Å²) in [5.41, 5.74) is 1.67. The highest BCUT2D eigenvalue weighted by atomic mass is 16.4. The number of hydrogen-bond acceptors (Lipinski definition) is 5. The van der Waals surface area contributed by atoms with Gasteiger partial charge in [0.1, 0.15) is 6.04 Å². The topological polar surface area (TPSA) is 116 Å². The van der Waals surface area contributed by atoms with Crippen LogP contribution in [0.2, 0.25) is 0 Å². The minimum absolute atomic E-state index is 0.00698. The molecular formula is C19H17N3O5. The van der Waals surface area contributed by atoms with Crippen LogP contribution in [-0.4, -0.2) is 34.8 Å². The summed E-state index contributed by atoms with van der Waals surface area (Å²) in [5.74, 6) is -2.04. The number of carboxylic acid groups (broad SMARTS) is 1. The second-order valence-corrected chi connectivity index (χ2v) is 6.08. The van der Waals surface area contributed by atoms with Crippen molar-refractivity contribution in [3.63, 3.8) is 0 Å². The Labute approximate surface area is 154 Å². The van der Waals surface area contributed by atoms with Gasteiger partial charge in [0.2, 0.25) is 11.8 Å². The predicted octanol–water partition coefficient (Wildman–Crippen LogP) is 2.09. The molecule has 2 aromatic carbocycles. The van der Waals surface area contributed by atoms with Crippen LogP contribution in [0.15, 0.2) is 48.5 Å². The highest BCUT2D eigenvalue weighted by Gasteiger charge is 2.39. The lowest BCUT2D eigenvalue weighted by Gasteiger charge is -2.16. The molecule has 0 saturated carbocycles. The van der Waals surface area contributed by atoms with Gasteiger partial charge in [-0.05, 0) is 48.5 Å². The third-order valence-corrected chi connectivity index (χ3v) is 4.07. The first-order valence-electron chi connectivity index (χ1n) is 8.19. The quantitative estimate of drug-likeness (QED) is 0.697. The van der Waals surface area contributed by atoms with Crippen molar-refractivity contribution in [2.45, 2.75) is 19.4 Å². The van der Waals surface area contributed by atoms with E-state index in [-0.39, 0.29) is 23.8 Å². The standard InChI is InChI=1S/C19H17N3O5/c1-11(23)20-13-4-6-14(7-5-13)21-16-10-17(24)22(18(16)25)15-8-2-12(3-9-15)19(26)27/h2-9,16,21H,10H2,1H3,(H,20,23)(H,26,27). The summed E-state index contributed by atoms with van der Waals surface area (Å²) in [6.07, 6.45) is -0.00698. The van der Waals surface area contributed by atoms with E-state index < -0.39 is 17.9 Å². The number of nitrogens with one attached hydrogen (secondary N) is 2. The first kappa shape index (κ1) is 18.1. The van der Waals surface area contributed by atoms with Crippen molar-refractivity contribution >= 4 is 40.8 Å². The second-order valence-electron chi connectivity index (χ2n) is 6.08. The molecule has 0 radical (unpaired) electrons. The van der Waals surface area contributed by atoms with Gasteiger partial charge in [-0.1, -0.05) is 0 Å². The lowest BCUT2D eigenvalue weighted by Crippen LogP contribution is -2.34. The van der Waals surface area contributed by atoms with E-state index in [9.17, 15) is 19.2 Å². The molecule has 3 N–H and O–H groups in total. The Kier molecular flexibility index (Phi) is 4.89. The van der Waals surface area contributed by atoms with Crippen molar-refractivity contribution in [3.8, 4) is 0 Å². The Morgan fingerprint density at radius 1 is 1.00 bits per heavy atom. The molecule has 1 unspecified atom stereocenters. The minimum Gasteiger partial charge on any atom is -0.478 e. The molecule has 8 nitrogen and oxygen atoms in total. The number of carbonyl (C=O) groups excluding carboxylic acids is 3. The minimum atomic E-state index is -1.08. The number of benzene rings is 2. The van der Waals surface area contributed by atoms with E-state index in [2.05, 4.69) is 10.6 Å². The number of aromatic carboxylic acids is 1. The first-order chi connectivity index (χ1) is 12.8. The molecule has 138 valence electrons. The van der Waals surface area contributed by atoms with Crippen LogP contribution in [0.1, 0.15) is 23.7 Å². The molecule has 0 spiro atoms. The first-order valence-corrected chi connectivity index (χ1v) is 8.19. The van der Waals surface area contributed by atoms with E-state index in [0.29, 0.717) is 17.1 Å². The monoisotopic (exact) mass is 367 g/mol. The van der Waals surface area contributed by atoms with Gasteiger partial charge in [-0.3, -0.25) is 14.4 Å². The Morgan fingerprint density at radius 3 is 2.15 bits per heavy atom. The van der Waals surface area contributed by atoms with E-state index in [4.69, 9.17) is 5.11 Å². The maximum Gasteiger partial charge on any atom is 0.335 e. The van der Waals surface area contributed by atoms with Gasteiger partial charge in [0.15, 0.2) is 0 Å². The van der Waals surface area contributed by atoms with E-state index >= 15 is 0 Å². The van der Waals surface area contributed by atoms with Gasteiger partial charge in [-0.15, -0.1) is 0 Å². The number of carbonyl (C=O) groups is 4. The number of nitrogens with zero attached hydrogens (tertiary/aromatic N) is 1. The molecule has 1 atom stereocenters. The smallest absolute Gasteiger partial charge is 0.335 e. The summed E-state index contributed by atoms with van der Waals surface area (Å²) < 4.78 is 0. The van der Waals surface area contributed by atoms with Crippen molar-refractivity contribution in [1.82, 2.24) is 0 Å². The highest BCUT2D eigenvalue weighted by Crippen LogP contribution is 2.25. The summed E-state index contributed by atoms with van der Waals surface area (Å²) in [7, 11) is 0. The fourth-order valence-electron chi connectivity index (χ4n) is 2.82. The predicted molar refractivity (Wildman–Crippen MR) is 98.7 cm³/mol. The molecule has 1 saturated heterocycles. The van der Waals surface area contributed by atoms with E-state index in [1.807, 2.05) is 0 Å². The maximum atomic E-state index is 12.6. The molecule has 3 rings (SSSR count). The second kappa shape index (κ2) is 7.28. The SMILES string of the molecule is CC(=O)Nc1ccc(NC2CC(=O)N(c3ccc(C(=O)O)cc3)C2=O)cc1. The Bertz CT molecular complexity index is 906. The number of amides is 3. The zero-order valence-electron chi connectivity index (χ0n) is 14.4. The van der Waals surface area contributed by atoms with E-state index in [0.717, 1.165) is 4.90 Å². The maximum absolute atomic E-state index is 12.6. The largest absolute Gasteiger partial charge is 0.478 e. The third kappa shape index (κ3) is 3.95. The molecule has 0 aromatic heterocycles. The fourth-order valence-corrected chi connectivity index (χ4v) is 2.82. The number of rotatable bonds is 5. The zero-order valence-corrected chi connectivity index (χ0v) is 14.4. The van der Waals surface area contributed by atoms with Crippen LogP contribution in [0.25, 0.3) is 0 Å².